The summed E-state index contributed by atoms with van der Waals surface area (Å²) in [7, 11) is -1.76. The molecule has 57 heavy (non-hydrogen) atoms. The molecular weight excluding hydrogens is 709 g/mol. The van der Waals surface area contributed by atoms with E-state index in [1.54, 1.807) is 0 Å². The Labute approximate surface area is 333 Å². The minimum absolute atomic E-state index is 1.15. The van der Waals surface area contributed by atoms with Crippen molar-refractivity contribution in [3.05, 3.63) is 231 Å². The summed E-state index contributed by atoms with van der Waals surface area (Å²) in [6.45, 7) is 0. The maximum atomic E-state index is 2.45. The van der Waals surface area contributed by atoms with Crippen LogP contribution in [0.4, 0.5) is 0 Å². The van der Waals surface area contributed by atoms with Crippen LogP contribution in [0.1, 0.15) is 0 Å². The monoisotopic (exact) mass is 746 g/mol. The second-order valence-corrected chi connectivity index (χ2v) is 17.6. The highest BCUT2D eigenvalue weighted by molar-refractivity contribution is 8.34. The molecule has 2 aromatic heterocycles. The average Bonchev–Trinajstić information content (AvgIpc) is 3.81. The second kappa shape index (κ2) is 13.6. The summed E-state index contributed by atoms with van der Waals surface area (Å²) in [4.78, 5) is 5.28. The van der Waals surface area contributed by atoms with Crippen LogP contribution in [0, 0.1) is 0 Å². The van der Waals surface area contributed by atoms with Crippen molar-refractivity contribution in [2.24, 2.45) is 0 Å². The molecule has 0 spiro atoms. The predicted molar refractivity (Wildman–Crippen MR) is 241 cm³/mol. The molecule has 2 nitrogen and oxygen atoms in total. The van der Waals surface area contributed by atoms with Crippen LogP contribution in [-0.2, 0) is 0 Å². The van der Waals surface area contributed by atoms with Crippen LogP contribution in [0.5, 0.6) is 0 Å². The third-order valence-corrected chi connectivity index (χ3v) is 15.3. The van der Waals surface area contributed by atoms with E-state index in [0.29, 0.717) is 0 Å². The van der Waals surface area contributed by atoms with E-state index in [9.17, 15) is 0 Å². The van der Waals surface area contributed by atoms with Gasteiger partial charge in [0, 0.05) is 52.5 Å². The summed E-state index contributed by atoms with van der Waals surface area (Å²) in [6, 6.07) is 84.6. The first kappa shape index (κ1) is 33.3. The first-order valence-corrected chi connectivity index (χ1v) is 21.1. The molecule has 0 atom stereocenters. The number of nitrogens with zero attached hydrogens (tertiary/aromatic N) is 2. The Kier molecular flexibility index (Phi) is 7.94. The molecule has 2 heterocycles. The maximum Gasteiger partial charge on any atom is 0.0548 e. The van der Waals surface area contributed by atoms with Gasteiger partial charge in [0.1, 0.15) is 0 Å². The summed E-state index contributed by atoms with van der Waals surface area (Å²) in [5.74, 6) is 0. The number of fused-ring (bicyclic) bond motifs is 7. The highest BCUT2D eigenvalue weighted by atomic mass is 32.3. The Morgan fingerprint density at radius 1 is 0.263 bits per heavy atom. The van der Waals surface area contributed by atoms with Crippen molar-refractivity contribution in [2.75, 3.05) is 0 Å². The fraction of sp³-hybridized carbons (Fsp3) is 0. The van der Waals surface area contributed by atoms with Gasteiger partial charge in [-0.2, -0.15) is 0 Å². The van der Waals surface area contributed by atoms with Crippen molar-refractivity contribution in [1.82, 2.24) is 9.13 Å². The number of hydrogen-bond donors (Lipinski definition) is 0. The van der Waals surface area contributed by atoms with E-state index >= 15 is 0 Å². The normalized spacial score (nSPS) is 12.1. The highest BCUT2D eigenvalue weighted by Gasteiger charge is 2.33. The highest BCUT2D eigenvalue weighted by Crippen LogP contribution is 2.73. The van der Waals surface area contributed by atoms with Crippen LogP contribution in [0.15, 0.2) is 250 Å². The number of rotatable bonds is 7. The molecule has 0 amide bonds. The largest absolute Gasteiger partial charge is 0.309 e. The lowest BCUT2D eigenvalue weighted by atomic mass is 10.0. The van der Waals surface area contributed by atoms with E-state index < -0.39 is 10.0 Å². The fourth-order valence-electron chi connectivity index (χ4n) is 9.02. The molecule has 11 aromatic rings. The van der Waals surface area contributed by atoms with Crippen molar-refractivity contribution in [3.8, 4) is 22.5 Å². The molecule has 0 aliphatic carbocycles. The molecule has 3 heteroatoms. The van der Waals surface area contributed by atoms with E-state index in [1.807, 2.05) is 0 Å². The molecule has 0 fully saturated rings. The topological polar surface area (TPSA) is 9.86 Å². The third-order valence-electron chi connectivity index (χ3n) is 11.4. The minimum Gasteiger partial charge on any atom is -0.309 e. The van der Waals surface area contributed by atoms with Crippen LogP contribution >= 0.6 is 10.0 Å². The Morgan fingerprint density at radius 3 is 1.18 bits per heavy atom. The second-order valence-electron chi connectivity index (χ2n) is 14.5. The van der Waals surface area contributed by atoms with Gasteiger partial charge in [-0.15, -0.1) is 10.0 Å². The Bertz CT molecular complexity index is 3100. The number of para-hydroxylation sites is 3. The summed E-state index contributed by atoms with van der Waals surface area (Å²) in [5, 5.41) is 5.09. The lowest BCUT2D eigenvalue weighted by molar-refractivity contribution is 1.17. The van der Waals surface area contributed by atoms with Crippen LogP contribution in [0.2, 0.25) is 0 Å². The van der Waals surface area contributed by atoms with Crippen molar-refractivity contribution in [1.29, 1.82) is 0 Å². The molecule has 0 N–H and O–H groups in total. The van der Waals surface area contributed by atoms with Gasteiger partial charge in [0.25, 0.3) is 0 Å². The van der Waals surface area contributed by atoms with Crippen molar-refractivity contribution < 1.29 is 0 Å². The molecule has 0 radical (unpaired) electrons. The van der Waals surface area contributed by atoms with Crippen molar-refractivity contribution in [3.63, 3.8) is 0 Å². The number of hydrogen-bond acceptors (Lipinski definition) is 0. The van der Waals surface area contributed by atoms with E-state index in [1.165, 1.54) is 80.0 Å². The lowest BCUT2D eigenvalue weighted by Gasteiger charge is -2.42. The van der Waals surface area contributed by atoms with Gasteiger partial charge in [0.15, 0.2) is 0 Å². The Balaban J connectivity index is 1.08. The van der Waals surface area contributed by atoms with Gasteiger partial charge >= 0.3 is 0 Å². The van der Waals surface area contributed by atoms with Crippen LogP contribution in [0.3, 0.4) is 0 Å². The zero-order valence-electron chi connectivity index (χ0n) is 31.2. The molecule has 0 unspecified atom stereocenters. The van der Waals surface area contributed by atoms with Gasteiger partial charge in [-0.3, -0.25) is 0 Å². The Morgan fingerprint density at radius 2 is 0.667 bits per heavy atom. The molecule has 9 aromatic carbocycles. The molecule has 0 saturated heterocycles. The molecule has 0 bridgehead atoms. The number of benzene rings is 9. The summed E-state index contributed by atoms with van der Waals surface area (Å²) in [5.41, 5.74) is 9.52. The third kappa shape index (κ3) is 5.20. The van der Waals surface area contributed by atoms with Gasteiger partial charge in [-0.25, -0.2) is 0 Å². The summed E-state index contributed by atoms with van der Waals surface area (Å²) < 4.78 is 4.86. The minimum atomic E-state index is -1.76. The smallest absolute Gasteiger partial charge is 0.0548 e. The van der Waals surface area contributed by atoms with E-state index in [2.05, 4.69) is 240 Å². The molecule has 11 rings (SSSR count). The van der Waals surface area contributed by atoms with Crippen LogP contribution in [-0.4, -0.2) is 9.13 Å². The van der Waals surface area contributed by atoms with Gasteiger partial charge < -0.3 is 9.13 Å². The molecular formula is C54H38N2S. The first-order valence-electron chi connectivity index (χ1n) is 19.5. The zero-order valence-corrected chi connectivity index (χ0v) is 32.1. The average molecular weight is 747 g/mol. The van der Waals surface area contributed by atoms with Gasteiger partial charge in [0.2, 0.25) is 0 Å². The van der Waals surface area contributed by atoms with Crippen LogP contribution in [0.25, 0.3) is 66.1 Å². The quantitative estimate of drug-likeness (QED) is 0.154. The summed E-state index contributed by atoms with van der Waals surface area (Å²) in [6.07, 6.45) is 0. The first-order chi connectivity index (χ1) is 28.3. The molecule has 0 saturated carbocycles. The van der Waals surface area contributed by atoms with E-state index in [4.69, 9.17) is 0 Å². The zero-order chi connectivity index (χ0) is 37.8. The van der Waals surface area contributed by atoms with Gasteiger partial charge in [-0.05, 0) is 108 Å². The lowest BCUT2D eigenvalue weighted by Crippen LogP contribution is -2.05. The SMILES string of the molecule is c1ccc(-n2c3ccccc3c3c4c5ccccc5n(-c5cccc(-c6ccc(S(c7ccccc7)(c7ccccc7)c7ccccc7)cc6)c5)c4ccc32)cc1. The van der Waals surface area contributed by atoms with E-state index in [0.717, 1.165) is 5.69 Å². The summed E-state index contributed by atoms with van der Waals surface area (Å²) >= 11 is 0. The van der Waals surface area contributed by atoms with Gasteiger partial charge in [0.05, 0.1) is 22.1 Å². The van der Waals surface area contributed by atoms with Gasteiger partial charge in [-0.1, -0.05) is 133 Å². The van der Waals surface area contributed by atoms with Crippen LogP contribution < -0.4 is 0 Å². The molecule has 270 valence electrons. The van der Waals surface area contributed by atoms with Crippen molar-refractivity contribution >= 4 is 53.6 Å². The number of aromatic nitrogens is 2. The molecule has 0 aliphatic rings. The fourth-order valence-corrected chi connectivity index (χ4v) is 12.9. The predicted octanol–water partition coefficient (Wildman–Crippen LogP) is 14.9. The molecule has 0 aliphatic heterocycles. The maximum absolute atomic E-state index is 2.45. The van der Waals surface area contributed by atoms with E-state index in [-0.39, 0.29) is 0 Å². The van der Waals surface area contributed by atoms with Crippen molar-refractivity contribution in [2.45, 2.75) is 19.6 Å². The Hall–Kier alpha value is -7.07. The standard InChI is InChI=1S/C54H38N2S/c1-5-19-41(20-6-1)55-49-30-15-13-28-47(49)53-51(55)36-37-52-54(53)48-29-14-16-31-50(48)56(52)42-21-17-18-40(38-42)39-32-34-46(35-33-39)57(43-22-7-2-8-23-43,44-24-9-3-10-25-44)45-26-11-4-12-27-45/h1-38H.